The third-order valence-corrected chi connectivity index (χ3v) is 5.03. The maximum absolute atomic E-state index is 11.5. The Morgan fingerprint density at radius 3 is 2.90 bits per heavy atom. The van der Waals surface area contributed by atoms with Crippen LogP contribution in [0.15, 0.2) is 22.7 Å². The van der Waals surface area contributed by atoms with Gasteiger partial charge < -0.3 is 9.64 Å². The fraction of sp³-hybridized carbons (Fsp3) is 0.562. The number of nitrogens with zero attached hydrogens (tertiary/aromatic N) is 1. The Morgan fingerprint density at radius 1 is 1.35 bits per heavy atom. The average Bonchev–Trinajstić information content (AvgIpc) is 2.46. The summed E-state index contributed by atoms with van der Waals surface area (Å²) in [6, 6.07) is 6.41. The van der Waals surface area contributed by atoms with Gasteiger partial charge in [-0.25, -0.2) is 0 Å². The third kappa shape index (κ3) is 2.63. The fourth-order valence-electron chi connectivity index (χ4n) is 3.35. The van der Waals surface area contributed by atoms with Crippen LogP contribution in [0.4, 0.5) is 5.69 Å². The van der Waals surface area contributed by atoms with Crippen molar-refractivity contribution in [1.29, 1.82) is 0 Å². The molecule has 20 heavy (non-hydrogen) atoms. The number of Topliss-reactive ketones (excluding diaryl/α,β-unsaturated/α-hetero) is 1. The van der Waals surface area contributed by atoms with Gasteiger partial charge in [-0.05, 0) is 53.9 Å². The van der Waals surface area contributed by atoms with Gasteiger partial charge >= 0.3 is 0 Å². The Kier molecular flexibility index (Phi) is 4.13. The molecule has 2 atom stereocenters. The zero-order valence-corrected chi connectivity index (χ0v) is 13.4. The van der Waals surface area contributed by atoms with Gasteiger partial charge in [-0.2, -0.15) is 0 Å². The molecule has 1 aromatic rings. The van der Waals surface area contributed by atoms with E-state index in [9.17, 15) is 4.79 Å². The summed E-state index contributed by atoms with van der Waals surface area (Å²) < 4.78 is 6.93. The quantitative estimate of drug-likeness (QED) is 0.768. The van der Waals surface area contributed by atoms with Gasteiger partial charge in [-0.15, -0.1) is 0 Å². The van der Waals surface area contributed by atoms with E-state index in [-0.39, 0.29) is 5.78 Å². The second-order valence-electron chi connectivity index (χ2n) is 5.68. The number of halogens is 1. The van der Waals surface area contributed by atoms with Crippen molar-refractivity contribution in [2.45, 2.75) is 44.8 Å². The predicted octanol–water partition coefficient (Wildman–Crippen LogP) is 3.80. The highest BCUT2D eigenvalue weighted by Crippen LogP contribution is 2.36. The van der Waals surface area contributed by atoms with E-state index in [0.717, 1.165) is 23.2 Å². The molecule has 2 fully saturated rings. The van der Waals surface area contributed by atoms with E-state index in [1.54, 1.807) is 6.92 Å². The maximum Gasteiger partial charge on any atom is 0.159 e. The van der Waals surface area contributed by atoms with Gasteiger partial charge in [0.2, 0.25) is 0 Å². The highest BCUT2D eigenvalue weighted by atomic mass is 79.9. The van der Waals surface area contributed by atoms with Crippen molar-refractivity contribution in [3.63, 3.8) is 0 Å². The van der Waals surface area contributed by atoms with E-state index in [4.69, 9.17) is 4.74 Å². The van der Waals surface area contributed by atoms with Gasteiger partial charge in [-0.1, -0.05) is 12.8 Å². The number of rotatable bonds is 2. The summed E-state index contributed by atoms with van der Waals surface area (Å²) >= 11 is 3.63. The maximum atomic E-state index is 11.5. The minimum Gasteiger partial charge on any atom is -0.374 e. The number of fused-ring (bicyclic) bond motifs is 1. The number of ketones is 1. The lowest BCUT2D eigenvalue weighted by Gasteiger charge is -2.45. The molecule has 2 aliphatic rings. The van der Waals surface area contributed by atoms with Gasteiger partial charge in [0.05, 0.1) is 24.4 Å². The summed E-state index contributed by atoms with van der Waals surface area (Å²) in [6.45, 7) is 3.33. The van der Waals surface area contributed by atoms with Crippen molar-refractivity contribution >= 4 is 27.4 Å². The number of anilines is 1. The van der Waals surface area contributed by atoms with Gasteiger partial charge in [0.25, 0.3) is 0 Å². The van der Waals surface area contributed by atoms with Crippen LogP contribution in [0.25, 0.3) is 0 Å². The molecule has 4 heteroatoms. The Labute approximate surface area is 128 Å². The van der Waals surface area contributed by atoms with Crippen LogP contribution in [0.1, 0.15) is 43.0 Å². The molecule has 1 saturated heterocycles. The molecule has 1 saturated carbocycles. The first-order valence-electron chi connectivity index (χ1n) is 7.35. The number of carbonyl (C=O) groups is 1. The molecule has 3 rings (SSSR count). The largest absolute Gasteiger partial charge is 0.374 e. The Bertz CT molecular complexity index is 515. The molecule has 108 valence electrons. The van der Waals surface area contributed by atoms with E-state index in [1.807, 2.05) is 12.1 Å². The minimum absolute atomic E-state index is 0.106. The summed E-state index contributed by atoms with van der Waals surface area (Å²) in [6.07, 6.45) is 5.30. The molecule has 2 unspecified atom stereocenters. The molecule has 1 aliphatic carbocycles. The van der Waals surface area contributed by atoms with E-state index < -0.39 is 0 Å². The first kappa shape index (κ1) is 14.1. The van der Waals surface area contributed by atoms with Crippen molar-refractivity contribution in [2.75, 3.05) is 18.1 Å². The smallest absolute Gasteiger partial charge is 0.159 e. The number of hydrogen-bond acceptors (Lipinski definition) is 3. The van der Waals surface area contributed by atoms with Crippen molar-refractivity contribution in [3.05, 3.63) is 28.2 Å². The van der Waals surface area contributed by atoms with Crippen molar-refractivity contribution < 1.29 is 9.53 Å². The molecule has 1 aliphatic heterocycles. The van der Waals surface area contributed by atoms with E-state index in [0.29, 0.717) is 12.1 Å². The zero-order chi connectivity index (χ0) is 14.1. The standard InChI is InChI=1S/C16H20BrNO2/c1-11(19)12-6-7-14(13(17)10-12)18-8-9-20-16-5-3-2-4-15(16)18/h6-7,10,15-16H,2-5,8-9H2,1H3. The highest BCUT2D eigenvalue weighted by Gasteiger charge is 2.34. The van der Waals surface area contributed by atoms with Crippen molar-refractivity contribution in [1.82, 2.24) is 0 Å². The first-order valence-corrected chi connectivity index (χ1v) is 8.15. The Hall–Kier alpha value is -0.870. The number of carbonyl (C=O) groups excluding carboxylic acids is 1. The topological polar surface area (TPSA) is 29.5 Å². The number of ether oxygens (including phenoxy) is 1. The van der Waals surface area contributed by atoms with Crippen LogP contribution in [-0.2, 0) is 4.74 Å². The number of morpholine rings is 1. The monoisotopic (exact) mass is 337 g/mol. The lowest BCUT2D eigenvalue weighted by atomic mass is 9.89. The minimum atomic E-state index is 0.106. The lowest BCUT2D eigenvalue weighted by molar-refractivity contribution is -0.00872. The molecule has 1 heterocycles. The van der Waals surface area contributed by atoms with Gasteiger partial charge in [0, 0.05) is 16.6 Å². The van der Waals surface area contributed by atoms with E-state index >= 15 is 0 Å². The summed E-state index contributed by atoms with van der Waals surface area (Å²) in [7, 11) is 0. The van der Waals surface area contributed by atoms with Crippen molar-refractivity contribution in [3.8, 4) is 0 Å². The third-order valence-electron chi connectivity index (χ3n) is 4.40. The molecule has 0 amide bonds. The summed E-state index contributed by atoms with van der Waals surface area (Å²) in [5.74, 6) is 0.106. The van der Waals surface area contributed by atoms with Gasteiger partial charge in [0.15, 0.2) is 5.78 Å². The van der Waals surface area contributed by atoms with Crippen molar-refractivity contribution in [2.24, 2.45) is 0 Å². The first-order chi connectivity index (χ1) is 9.66. The fourth-order valence-corrected chi connectivity index (χ4v) is 3.96. The molecule has 3 nitrogen and oxygen atoms in total. The van der Waals surface area contributed by atoms with Crippen LogP contribution in [-0.4, -0.2) is 31.1 Å². The van der Waals surface area contributed by atoms with Crippen LogP contribution < -0.4 is 4.90 Å². The van der Waals surface area contributed by atoms with Gasteiger partial charge in [-0.3, -0.25) is 4.79 Å². The number of hydrogen-bond donors (Lipinski definition) is 0. The summed E-state index contributed by atoms with van der Waals surface area (Å²) in [5, 5.41) is 0. The lowest BCUT2D eigenvalue weighted by Crippen LogP contribution is -2.53. The summed E-state index contributed by atoms with van der Waals surface area (Å²) in [5.41, 5.74) is 1.95. The number of benzene rings is 1. The summed E-state index contributed by atoms with van der Waals surface area (Å²) in [4.78, 5) is 13.9. The van der Waals surface area contributed by atoms with Crippen LogP contribution in [0.2, 0.25) is 0 Å². The molecule has 1 aromatic carbocycles. The molecule has 0 bridgehead atoms. The molecule has 0 N–H and O–H groups in total. The van der Waals surface area contributed by atoms with Gasteiger partial charge in [0.1, 0.15) is 0 Å². The second kappa shape index (κ2) is 5.86. The second-order valence-corrected chi connectivity index (χ2v) is 6.53. The van der Waals surface area contributed by atoms with Crippen LogP contribution >= 0.6 is 15.9 Å². The Balaban J connectivity index is 1.89. The average molecular weight is 338 g/mol. The van der Waals surface area contributed by atoms with E-state index in [1.165, 1.54) is 31.4 Å². The molecule has 0 radical (unpaired) electrons. The van der Waals surface area contributed by atoms with Crippen LogP contribution in [0, 0.1) is 0 Å². The highest BCUT2D eigenvalue weighted by molar-refractivity contribution is 9.10. The normalized spacial score (nSPS) is 26.2. The molecular formula is C16H20BrNO2. The SMILES string of the molecule is CC(=O)c1ccc(N2CCOC3CCCCC32)c(Br)c1. The van der Waals surface area contributed by atoms with Crippen LogP contribution in [0.5, 0.6) is 0 Å². The molecule has 0 spiro atoms. The molecular weight excluding hydrogens is 318 g/mol. The predicted molar refractivity (Wildman–Crippen MR) is 83.5 cm³/mol. The van der Waals surface area contributed by atoms with E-state index in [2.05, 4.69) is 26.9 Å². The Morgan fingerprint density at radius 2 is 2.15 bits per heavy atom. The zero-order valence-electron chi connectivity index (χ0n) is 11.8. The molecule has 0 aromatic heterocycles. The van der Waals surface area contributed by atoms with Crippen LogP contribution in [0.3, 0.4) is 0 Å².